The van der Waals surface area contributed by atoms with E-state index in [1.165, 1.54) is 20.4 Å². The Morgan fingerprint density at radius 3 is 2.81 bits per heavy atom. The highest BCUT2D eigenvalue weighted by molar-refractivity contribution is 7.87. The highest BCUT2D eigenvalue weighted by atomic mass is 32.2. The van der Waals surface area contributed by atoms with Crippen LogP contribution in [0.1, 0.15) is 31.4 Å². The smallest absolute Gasteiger partial charge is 0.308 e. The highest BCUT2D eigenvalue weighted by Crippen LogP contribution is 2.40. The van der Waals surface area contributed by atoms with Crippen molar-refractivity contribution in [2.75, 3.05) is 32.1 Å². The summed E-state index contributed by atoms with van der Waals surface area (Å²) < 4.78 is 47.4. The molecule has 1 saturated heterocycles. The first-order valence-corrected chi connectivity index (χ1v) is 10.0. The molecule has 1 aliphatic rings. The summed E-state index contributed by atoms with van der Waals surface area (Å²) in [6, 6.07) is 7.81. The van der Waals surface area contributed by atoms with Crippen LogP contribution in [-0.4, -0.2) is 43.9 Å². The monoisotopic (exact) mass is 381 g/mol. The van der Waals surface area contributed by atoms with Crippen molar-refractivity contribution in [1.82, 2.24) is 8.28 Å². The molecule has 0 bridgehead atoms. The normalized spacial score (nSPS) is 17.9. The van der Waals surface area contributed by atoms with Crippen LogP contribution in [0.25, 0.3) is 0 Å². The Morgan fingerprint density at radius 2 is 2.12 bits per heavy atom. The van der Waals surface area contributed by atoms with Gasteiger partial charge in [0, 0.05) is 31.9 Å². The van der Waals surface area contributed by atoms with E-state index in [1.54, 1.807) is 45.5 Å². The number of aromatic nitrogens is 1. The molecule has 0 spiro atoms. The van der Waals surface area contributed by atoms with Crippen LogP contribution in [0.5, 0.6) is 5.75 Å². The standard InChI is InChI=1S/C18H24FN3O3S/c1-4-20(2)26(23,24)22-12-6-8-18(22)21-11-5-7-16(21)15-13-14(19)9-10-17(15)25-3/h6,8-10,12-13,16H,4-5,7,11H2,1-3H3/t16-/m1/s1. The topological polar surface area (TPSA) is 54.8 Å². The Balaban J connectivity index is 2.04. The summed E-state index contributed by atoms with van der Waals surface area (Å²) >= 11 is 0. The molecule has 0 unspecified atom stereocenters. The minimum Gasteiger partial charge on any atom is -0.496 e. The van der Waals surface area contributed by atoms with E-state index in [4.69, 9.17) is 4.74 Å². The first-order chi connectivity index (χ1) is 12.4. The number of rotatable bonds is 6. The fourth-order valence-corrected chi connectivity index (χ4v) is 4.67. The van der Waals surface area contributed by atoms with Gasteiger partial charge in [0.05, 0.1) is 13.2 Å². The molecule has 142 valence electrons. The molecule has 3 rings (SSSR count). The third-order valence-corrected chi connectivity index (χ3v) is 6.73. The van der Waals surface area contributed by atoms with Gasteiger partial charge >= 0.3 is 10.2 Å². The summed E-state index contributed by atoms with van der Waals surface area (Å²) in [5.41, 5.74) is 0.735. The number of benzene rings is 1. The lowest BCUT2D eigenvalue weighted by Crippen LogP contribution is -2.35. The second kappa shape index (κ2) is 7.28. The van der Waals surface area contributed by atoms with Crippen molar-refractivity contribution < 1.29 is 17.5 Å². The lowest BCUT2D eigenvalue weighted by molar-refractivity contribution is 0.404. The first-order valence-electron chi connectivity index (χ1n) is 8.64. The first kappa shape index (κ1) is 18.7. The molecule has 6 nitrogen and oxygen atoms in total. The van der Waals surface area contributed by atoms with E-state index in [9.17, 15) is 12.8 Å². The number of halogens is 1. The summed E-state index contributed by atoms with van der Waals surface area (Å²) in [4.78, 5) is 2.01. The Morgan fingerprint density at radius 1 is 1.35 bits per heavy atom. The quantitative estimate of drug-likeness (QED) is 0.772. The van der Waals surface area contributed by atoms with Crippen molar-refractivity contribution >= 4 is 16.0 Å². The predicted octanol–water partition coefficient (Wildman–Crippen LogP) is 3.02. The molecule has 0 N–H and O–H groups in total. The molecule has 1 aliphatic heterocycles. The molecule has 8 heteroatoms. The SMILES string of the molecule is CCN(C)S(=O)(=O)n1cccc1N1CCC[C@@H]1c1cc(F)ccc1OC. The Kier molecular flexibility index (Phi) is 5.24. The van der Waals surface area contributed by atoms with Gasteiger partial charge in [-0.2, -0.15) is 12.7 Å². The van der Waals surface area contributed by atoms with Crippen molar-refractivity contribution in [3.63, 3.8) is 0 Å². The van der Waals surface area contributed by atoms with Crippen molar-refractivity contribution in [2.24, 2.45) is 0 Å². The van der Waals surface area contributed by atoms with Crippen LogP contribution in [0.15, 0.2) is 36.5 Å². The third kappa shape index (κ3) is 3.19. The molecule has 2 heterocycles. The molecule has 2 aromatic rings. The predicted molar refractivity (Wildman–Crippen MR) is 99.3 cm³/mol. The molecule has 0 radical (unpaired) electrons. The molecule has 1 fully saturated rings. The van der Waals surface area contributed by atoms with E-state index >= 15 is 0 Å². The second-order valence-electron chi connectivity index (χ2n) is 6.32. The number of ether oxygens (including phenoxy) is 1. The van der Waals surface area contributed by atoms with Crippen LogP contribution in [0.3, 0.4) is 0 Å². The van der Waals surface area contributed by atoms with Gasteiger partial charge in [-0.05, 0) is 43.2 Å². The zero-order chi connectivity index (χ0) is 18.9. The molecule has 1 aromatic heterocycles. The average Bonchev–Trinajstić information content (AvgIpc) is 3.29. The Labute approximate surface area is 154 Å². The van der Waals surface area contributed by atoms with Crippen molar-refractivity contribution in [3.8, 4) is 5.75 Å². The van der Waals surface area contributed by atoms with E-state index in [-0.39, 0.29) is 11.9 Å². The molecule has 0 aliphatic carbocycles. The van der Waals surface area contributed by atoms with Gasteiger partial charge in [0.15, 0.2) is 0 Å². The van der Waals surface area contributed by atoms with Gasteiger partial charge in [0.1, 0.15) is 17.4 Å². The van der Waals surface area contributed by atoms with Crippen LogP contribution in [0, 0.1) is 5.82 Å². The van der Waals surface area contributed by atoms with Crippen molar-refractivity contribution in [3.05, 3.63) is 47.9 Å². The van der Waals surface area contributed by atoms with Gasteiger partial charge in [-0.25, -0.2) is 8.36 Å². The van der Waals surface area contributed by atoms with Gasteiger partial charge < -0.3 is 9.64 Å². The van der Waals surface area contributed by atoms with Crippen LogP contribution >= 0.6 is 0 Å². The fourth-order valence-electron chi connectivity index (χ4n) is 3.42. The van der Waals surface area contributed by atoms with E-state index in [2.05, 4.69) is 0 Å². The van der Waals surface area contributed by atoms with Crippen molar-refractivity contribution in [2.45, 2.75) is 25.8 Å². The Bertz CT molecular complexity index is 882. The maximum Gasteiger partial charge on any atom is 0.308 e. The van der Waals surface area contributed by atoms with Crippen LogP contribution < -0.4 is 9.64 Å². The number of hydrogen-bond donors (Lipinski definition) is 0. The maximum atomic E-state index is 13.8. The van der Waals surface area contributed by atoms with Gasteiger partial charge in [0.25, 0.3) is 0 Å². The molecule has 26 heavy (non-hydrogen) atoms. The number of hydrogen-bond acceptors (Lipinski definition) is 4. The van der Waals surface area contributed by atoms with Crippen LogP contribution in [0.2, 0.25) is 0 Å². The maximum absolute atomic E-state index is 13.8. The van der Waals surface area contributed by atoms with Gasteiger partial charge in [-0.3, -0.25) is 0 Å². The molecular formula is C18H24FN3O3S. The van der Waals surface area contributed by atoms with Gasteiger partial charge in [-0.1, -0.05) is 6.92 Å². The zero-order valence-electron chi connectivity index (χ0n) is 15.2. The van der Waals surface area contributed by atoms with Crippen LogP contribution in [-0.2, 0) is 10.2 Å². The highest BCUT2D eigenvalue weighted by Gasteiger charge is 2.33. The zero-order valence-corrected chi connectivity index (χ0v) is 16.0. The molecule has 0 saturated carbocycles. The average molecular weight is 381 g/mol. The van der Waals surface area contributed by atoms with E-state index in [1.807, 2.05) is 4.90 Å². The number of anilines is 1. The lowest BCUT2D eigenvalue weighted by Gasteiger charge is -2.29. The summed E-state index contributed by atoms with van der Waals surface area (Å²) in [5, 5.41) is 0. The van der Waals surface area contributed by atoms with Gasteiger partial charge in [-0.15, -0.1) is 0 Å². The fraction of sp³-hybridized carbons (Fsp3) is 0.444. The summed E-state index contributed by atoms with van der Waals surface area (Å²) in [7, 11) is -0.534. The summed E-state index contributed by atoms with van der Waals surface area (Å²) in [6.07, 6.45) is 3.24. The number of nitrogens with zero attached hydrogens (tertiary/aromatic N) is 3. The van der Waals surface area contributed by atoms with Gasteiger partial charge in [0.2, 0.25) is 0 Å². The number of methoxy groups -OCH3 is 1. The minimum absolute atomic E-state index is 0.142. The summed E-state index contributed by atoms with van der Waals surface area (Å²) in [5.74, 6) is 0.857. The van der Waals surface area contributed by atoms with E-state index < -0.39 is 10.2 Å². The van der Waals surface area contributed by atoms with Crippen LogP contribution in [0.4, 0.5) is 10.2 Å². The molecule has 1 aromatic carbocycles. The van der Waals surface area contributed by atoms with E-state index in [0.29, 0.717) is 24.7 Å². The second-order valence-corrected chi connectivity index (χ2v) is 8.23. The molecular weight excluding hydrogens is 357 g/mol. The van der Waals surface area contributed by atoms with E-state index in [0.717, 1.165) is 18.4 Å². The minimum atomic E-state index is -3.64. The van der Waals surface area contributed by atoms with Crippen molar-refractivity contribution in [1.29, 1.82) is 0 Å². The molecule has 1 atom stereocenters. The largest absolute Gasteiger partial charge is 0.496 e. The third-order valence-electron chi connectivity index (χ3n) is 4.88. The Hall–Kier alpha value is -2.06. The lowest BCUT2D eigenvalue weighted by atomic mass is 10.0. The molecule has 0 amide bonds. The summed E-state index contributed by atoms with van der Waals surface area (Å²) in [6.45, 7) is 2.86.